The monoisotopic (exact) mass is 208 g/mol. The van der Waals surface area contributed by atoms with Gasteiger partial charge in [0.1, 0.15) is 0 Å². The highest BCUT2D eigenvalue weighted by Crippen LogP contribution is 2.71. The van der Waals surface area contributed by atoms with Crippen molar-refractivity contribution in [3.63, 3.8) is 0 Å². The van der Waals surface area contributed by atoms with Crippen molar-refractivity contribution >= 4 is 0 Å². The molecule has 0 aromatic heterocycles. The molecule has 86 valence electrons. The van der Waals surface area contributed by atoms with E-state index < -0.39 is 0 Å². The summed E-state index contributed by atoms with van der Waals surface area (Å²) in [5.74, 6) is 2.78. The highest BCUT2D eigenvalue weighted by molar-refractivity contribution is 5.12. The molecule has 1 N–H and O–H groups in total. The van der Waals surface area contributed by atoms with Crippen LogP contribution in [-0.4, -0.2) is 11.2 Å². The van der Waals surface area contributed by atoms with Crippen molar-refractivity contribution in [2.75, 3.05) is 0 Å². The first kappa shape index (κ1) is 10.1. The van der Waals surface area contributed by atoms with Gasteiger partial charge >= 0.3 is 0 Å². The Morgan fingerprint density at radius 3 is 2.53 bits per heavy atom. The third-order valence-electron chi connectivity index (χ3n) is 6.10. The van der Waals surface area contributed by atoms with Gasteiger partial charge in [0.25, 0.3) is 0 Å². The summed E-state index contributed by atoms with van der Waals surface area (Å²) in [5.41, 5.74) is 1.18. The fourth-order valence-corrected chi connectivity index (χ4v) is 4.62. The molecule has 0 radical (unpaired) electrons. The van der Waals surface area contributed by atoms with Gasteiger partial charge in [-0.25, -0.2) is 0 Å². The fraction of sp³-hybridized carbons (Fsp3) is 1.00. The second-order valence-electron chi connectivity index (χ2n) is 7.25. The van der Waals surface area contributed by atoms with Gasteiger partial charge in [0.15, 0.2) is 0 Å². The van der Waals surface area contributed by atoms with Gasteiger partial charge in [0, 0.05) is 0 Å². The molecule has 0 aromatic rings. The Balaban J connectivity index is 1.81. The zero-order chi connectivity index (χ0) is 10.8. The number of aliphatic hydroxyl groups is 1. The lowest BCUT2D eigenvalue weighted by molar-refractivity contribution is -0.0106. The van der Waals surface area contributed by atoms with Crippen molar-refractivity contribution < 1.29 is 5.11 Å². The van der Waals surface area contributed by atoms with Crippen molar-refractivity contribution in [1.82, 2.24) is 0 Å². The molecule has 3 aliphatic carbocycles. The molecule has 1 heteroatoms. The van der Waals surface area contributed by atoms with Crippen LogP contribution in [0.5, 0.6) is 0 Å². The van der Waals surface area contributed by atoms with E-state index in [2.05, 4.69) is 20.8 Å². The minimum absolute atomic E-state index is 0.00138. The highest BCUT2D eigenvalue weighted by Gasteiger charge is 2.64. The average molecular weight is 208 g/mol. The first-order chi connectivity index (χ1) is 6.93. The Morgan fingerprint density at radius 1 is 1.07 bits per heavy atom. The summed E-state index contributed by atoms with van der Waals surface area (Å²) in [6.45, 7) is 7.37. The maximum atomic E-state index is 9.79. The smallest absolute Gasteiger partial charge is 0.0543 e. The molecule has 0 saturated heterocycles. The topological polar surface area (TPSA) is 20.2 Å². The molecule has 3 rings (SSSR count). The number of hydrogen-bond donors (Lipinski definition) is 1. The molecule has 0 amide bonds. The largest absolute Gasteiger partial charge is 0.393 e. The number of rotatable bonds is 0. The molecule has 0 aliphatic heterocycles. The van der Waals surface area contributed by atoms with Crippen LogP contribution in [0.2, 0.25) is 0 Å². The predicted molar refractivity (Wildman–Crippen MR) is 61.4 cm³/mol. The Morgan fingerprint density at radius 2 is 1.80 bits per heavy atom. The number of hydrogen-bond acceptors (Lipinski definition) is 1. The maximum absolute atomic E-state index is 9.79. The summed E-state index contributed by atoms with van der Waals surface area (Å²) in [7, 11) is 0. The van der Waals surface area contributed by atoms with Crippen LogP contribution in [-0.2, 0) is 0 Å². The molecule has 3 fully saturated rings. The molecule has 1 nitrogen and oxygen atoms in total. The van der Waals surface area contributed by atoms with Gasteiger partial charge in [-0.1, -0.05) is 20.8 Å². The Hall–Kier alpha value is -0.0400. The Kier molecular flexibility index (Phi) is 1.89. The molecule has 0 heterocycles. The quantitative estimate of drug-likeness (QED) is 0.648. The number of aliphatic hydroxyl groups excluding tert-OH is 1. The molecule has 3 saturated carbocycles. The zero-order valence-corrected chi connectivity index (χ0v) is 10.3. The van der Waals surface area contributed by atoms with E-state index in [1.165, 1.54) is 19.3 Å². The van der Waals surface area contributed by atoms with E-state index in [-0.39, 0.29) is 6.10 Å². The minimum Gasteiger partial charge on any atom is -0.393 e. The predicted octanol–water partition coefficient (Wildman–Crippen LogP) is 3.22. The van der Waals surface area contributed by atoms with E-state index in [4.69, 9.17) is 0 Å². The first-order valence-corrected chi connectivity index (χ1v) is 6.61. The van der Waals surface area contributed by atoms with Crippen molar-refractivity contribution in [1.29, 1.82) is 0 Å². The van der Waals surface area contributed by atoms with Crippen LogP contribution < -0.4 is 0 Å². The standard InChI is InChI=1S/C14H24O/c1-13(2)11-7-9-6-10(15)4-5-14(9,3)8-12(11)13/h9-12,15H,4-8H2,1-3H3/t9-,10+,11-,12+,14+/m1/s1. The van der Waals surface area contributed by atoms with Crippen molar-refractivity contribution in [2.24, 2.45) is 28.6 Å². The van der Waals surface area contributed by atoms with E-state index in [0.29, 0.717) is 10.8 Å². The van der Waals surface area contributed by atoms with Crippen molar-refractivity contribution in [2.45, 2.75) is 59.0 Å². The van der Waals surface area contributed by atoms with E-state index in [1.54, 1.807) is 0 Å². The normalized spacial score (nSPS) is 56.8. The van der Waals surface area contributed by atoms with Crippen LogP contribution in [0.1, 0.15) is 52.9 Å². The summed E-state index contributed by atoms with van der Waals surface area (Å²) >= 11 is 0. The summed E-state index contributed by atoms with van der Waals surface area (Å²) < 4.78 is 0. The Labute approximate surface area is 93.3 Å². The molecule has 0 spiro atoms. The molecule has 5 atom stereocenters. The van der Waals surface area contributed by atoms with Crippen LogP contribution >= 0.6 is 0 Å². The van der Waals surface area contributed by atoms with Crippen molar-refractivity contribution in [3.8, 4) is 0 Å². The van der Waals surface area contributed by atoms with Gasteiger partial charge in [0.05, 0.1) is 6.10 Å². The molecule has 0 aromatic carbocycles. The molecule has 0 unspecified atom stereocenters. The summed E-state index contributed by atoms with van der Waals surface area (Å²) in [6.07, 6.45) is 6.22. The van der Waals surface area contributed by atoms with Crippen LogP contribution in [0.15, 0.2) is 0 Å². The Bertz CT molecular complexity index is 283. The van der Waals surface area contributed by atoms with Gasteiger partial charge in [-0.3, -0.25) is 0 Å². The molecular formula is C14H24O. The third kappa shape index (κ3) is 1.32. The molecule has 15 heavy (non-hydrogen) atoms. The molecule has 0 bridgehead atoms. The van der Waals surface area contributed by atoms with E-state index in [0.717, 1.165) is 30.6 Å². The van der Waals surface area contributed by atoms with Crippen LogP contribution in [0.25, 0.3) is 0 Å². The van der Waals surface area contributed by atoms with E-state index in [9.17, 15) is 5.11 Å². The lowest BCUT2D eigenvalue weighted by Crippen LogP contribution is -2.39. The van der Waals surface area contributed by atoms with Crippen LogP contribution in [0.3, 0.4) is 0 Å². The van der Waals surface area contributed by atoms with E-state index in [1.807, 2.05) is 0 Å². The van der Waals surface area contributed by atoms with Gasteiger partial charge < -0.3 is 5.11 Å². The van der Waals surface area contributed by atoms with Crippen molar-refractivity contribution in [3.05, 3.63) is 0 Å². The number of fused-ring (bicyclic) bond motifs is 2. The third-order valence-corrected chi connectivity index (χ3v) is 6.10. The van der Waals surface area contributed by atoms with Crippen LogP contribution in [0.4, 0.5) is 0 Å². The average Bonchev–Trinajstić information content (AvgIpc) is 2.66. The summed E-state index contributed by atoms with van der Waals surface area (Å²) in [5, 5.41) is 9.79. The fourth-order valence-electron chi connectivity index (χ4n) is 4.62. The lowest BCUT2D eigenvalue weighted by atomic mass is 9.60. The molecular weight excluding hydrogens is 184 g/mol. The second kappa shape index (κ2) is 2.80. The highest BCUT2D eigenvalue weighted by atomic mass is 16.3. The zero-order valence-electron chi connectivity index (χ0n) is 10.3. The SMILES string of the molecule is CC1(C)[C@@H]2C[C@H]3C[C@@H](O)CC[C@@]3(C)C[C@@H]21. The van der Waals surface area contributed by atoms with Gasteiger partial charge in [0.2, 0.25) is 0 Å². The first-order valence-electron chi connectivity index (χ1n) is 6.61. The van der Waals surface area contributed by atoms with E-state index >= 15 is 0 Å². The summed E-state index contributed by atoms with van der Waals surface area (Å²) in [6, 6.07) is 0. The second-order valence-corrected chi connectivity index (χ2v) is 7.25. The minimum atomic E-state index is 0.00138. The van der Waals surface area contributed by atoms with Crippen LogP contribution in [0, 0.1) is 28.6 Å². The van der Waals surface area contributed by atoms with Gasteiger partial charge in [-0.05, 0) is 60.7 Å². The maximum Gasteiger partial charge on any atom is 0.0543 e. The van der Waals surface area contributed by atoms with Gasteiger partial charge in [-0.2, -0.15) is 0 Å². The summed E-state index contributed by atoms with van der Waals surface area (Å²) in [4.78, 5) is 0. The van der Waals surface area contributed by atoms with Gasteiger partial charge in [-0.15, -0.1) is 0 Å². The lowest BCUT2D eigenvalue weighted by Gasteiger charge is -2.46. The molecule has 3 aliphatic rings.